The van der Waals surface area contributed by atoms with E-state index in [4.69, 9.17) is 5.26 Å². The van der Waals surface area contributed by atoms with Crippen LogP contribution in [-0.4, -0.2) is 37.8 Å². The van der Waals surface area contributed by atoms with Gasteiger partial charge < -0.3 is 5.32 Å². The number of hydrogen-bond acceptors (Lipinski definition) is 4. The van der Waals surface area contributed by atoms with Gasteiger partial charge in [0.15, 0.2) is 0 Å². The molecule has 1 amide bonds. The number of carbonyl (C=O) groups excluding carboxylic acids is 1. The van der Waals surface area contributed by atoms with Crippen molar-refractivity contribution in [2.75, 3.05) is 13.1 Å². The van der Waals surface area contributed by atoms with Gasteiger partial charge in [0.25, 0.3) is 0 Å². The summed E-state index contributed by atoms with van der Waals surface area (Å²) in [4.78, 5) is 11.4. The van der Waals surface area contributed by atoms with Gasteiger partial charge in [-0.1, -0.05) is 13.0 Å². The maximum atomic E-state index is 13.6. The minimum absolute atomic E-state index is 0.0912. The highest BCUT2D eigenvalue weighted by atomic mass is 32.2. The molecule has 1 saturated heterocycles. The molecular formula is C13H14FN3O3S. The fourth-order valence-electron chi connectivity index (χ4n) is 2.32. The van der Waals surface area contributed by atoms with E-state index in [-0.39, 0.29) is 19.0 Å². The molecule has 6 nitrogen and oxygen atoms in total. The Kier molecular flexibility index (Phi) is 4.25. The molecule has 1 aliphatic rings. The summed E-state index contributed by atoms with van der Waals surface area (Å²) in [6.45, 7) is 1.97. The van der Waals surface area contributed by atoms with E-state index in [1.807, 2.05) is 0 Å². The third-order valence-corrected chi connectivity index (χ3v) is 5.29. The van der Waals surface area contributed by atoms with E-state index in [9.17, 15) is 17.6 Å². The van der Waals surface area contributed by atoms with Crippen molar-refractivity contribution in [2.24, 2.45) is 0 Å². The van der Waals surface area contributed by atoms with Crippen molar-refractivity contribution in [3.05, 3.63) is 29.6 Å². The van der Waals surface area contributed by atoms with Crippen molar-refractivity contribution in [1.29, 1.82) is 5.26 Å². The first-order chi connectivity index (χ1) is 9.93. The van der Waals surface area contributed by atoms with Gasteiger partial charge in [-0.25, -0.2) is 12.8 Å². The van der Waals surface area contributed by atoms with E-state index in [0.717, 1.165) is 10.4 Å². The highest BCUT2D eigenvalue weighted by molar-refractivity contribution is 7.89. The molecule has 1 heterocycles. The lowest BCUT2D eigenvalue weighted by Crippen LogP contribution is -2.56. The molecule has 0 aromatic heterocycles. The number of benzene rings is 1. The molecule has 8 heteroatoms. The second kappa shape index (κ2) is 5.79. The van der Waals surface area contributed by atoms with Gasteiger partial charge in [0.1, 0.15) is 28.4 Å². The van der Waals surface area contributed by atoms with E-state index >= 15 is 0 Å². The maximum Gasteiger partial charge on any atom is 0.245 e. The Morgan fingerprint density at radius 3 is 2.86 bits per heavy atom. The first-order valence-electron chi connectivity index (χ1n) is 6.41. The van der Waals surface area contributed by atoms with Crippen molar-refractivity contribution in [2.45, 2.75) is 24.3 Å². The molecule has 1 aromatic rings. The van der Waals surface area contributed by atoms with E-state index in [0.29, 0.717) is 6.42 Å². The number of nitriles is 1. The second-order valence-corrected chi connectivity index (χ2v) is 6.41. The van der Waals surface area contributed by atoms with Gasteiger partial charge >= 0.3 is 0 Å². The van der Waals surface area contributed by atoms with Crippen LogP contribution < -0.4 is 5.32 Å². The van der Waals surface area contributed by atoms with Crippen LogP contribution in [0.25, 0.3) is 0 Å². The number of nitrogens with zero attached hydrogens (tertiary/aromatic N) is 2. The third-order valence-electron chi connectivity index (χ3n) is 3.34. The highest BCUT2D eigenvalue weighted by Crippen LogP contribution is 2.25. The molecule has 0 aliphatic carbocycles. The molecule has 1 aromatic carbocycles. The molecule has 1 atom stereocenters. The van der Waals surface area contributed by atoms with Crippen molar-refractivity contribution in [3.63, 3.8) is 0 Å². The molecule has 1 N–H and O–H groups in total. The van der Waals surface area contributed by atoms with Crippen molar-refractivity contribution in [3.8, 4) is 6.07 Å². The molecule has 0 bridgehead atoms. The summed E-state index contributed by atoms with van der Waals surface area (Å²) in [6.07, 6.45) is 0.294. The predicted molar refractivity (Wildman–Crippen MR) is 72.1 cm³/mol. The van der Waals surface area contributed by atoms with E-state index in [2.05, 4.69) is 5.32 Å². The quantitative estimate of drug-likeness (QED) is 0.885. The van der Waals surface area contributed by atoms with Crippen LogP contribution in [0.1, 0.15) is 18.9 Å². The summed E-state index contributed by atoms with van der Waals surface area (Å²) < 4.78 is 40.0. The van der Waals surface area contributed by atoms with Crippen LogP contribution >= 0.6 is 0 Å². The van der Waals surface area contributed by atoms with Gasteiger partial charge in [-0.15, -0.1) is 0 Å². The zero-order chi connectivity index (χ0) is 15.6. The summed E-state index contributed by atoms with van der Waals surface area (Å²) in [5.74, 6) is -1.28. The monoisotopic (exact) mass is 311 g/mol. The maximum absolute atomic E-state index is 13.6. The van der Waals surface area contributed by atoms with Gasteiger partial charge in [0.2, 0.25) is 15.9 Å². The lowest BCUT2D eigenvalue weighted by molar-refractivity contribution is -0.126. The van der Waals surface area contributed by atoms with E-state index in [1.54, 1.807) is 13.0 Å². The van der Waals surface area contributed by atoms with Crippen LogP contribution in [-0.2, 0) is 14.8 Å². The fourth-order valence-corrected chi connectivity index (χ4v) is 4.14. The minimum atomic E-state index is -4.11. The average Bonchev–Trinajstić information content (AvgIpc) is 2.46. The predicted octanol–water partition coefficient (Wildman–Crippen LogP) is 0.596. The Labute approximate surface area is 122 Å². The molecule has 1 unspecified atom stereocenters. The minimum Gasteiger partial charge on any atom is -0.353 e. The Balaban J connectivity index is 2.55. The highest BCUT2D eigenvalue weighted by Gasteiger charge is 2.38. The van der Waals surface area contributed by atoms with Gasteiger partial charge in [-0.05, 0) is 18.6 Å². The number of amides is 1. The van der Waals surface area contributed by atoms with Gasteiger partial charge in [-0.3, -0.25) is 4.79 Å². The smallest absolute Gasteiger partial charge is 0.245 e. The van der Waals surface area contributed by atoms with Crippen LogP contribution in [0.4, 0.5) is 4.39 Å². The standard InChI is InChI=1S/C13H14FN3O3S/c1-2-11-13(18)16-6-7-17(11)21(19,20)12-5-3-4-10(14)9(12)8-15/h3-5,11H,2,6-7H2,1H3,(H,16,18). The molecule has 0 spiro atoms. The second-order valence-electron chi connectivity index (χ2n) is 4.56. The van der Waals surface area contributed by atoms with Crippen LogP contribution in [0, 0.1) is 17.1 Å². The summed E-state index contributed by atoms with van der Waals surface area (Å²) in [5.41, 5.74) is -0.529. The van der Waals surface area contributed by atoms with Gasteiger partial charge in [0.05, 0.1) is 0 Å². The van der Waals surface area contributed by atoms with Crippen LogP contribution in [0.5, 0.6) is 0 Å². The zero-order valence-electron chi connectivity index (χ0n) is 11.3. The molecule has 0 radical (unpaired) electrons. The number of halogens is 1. The lowest BCUT2D eigenvalue weighted by Gasteiger charge is -2.33. The van der Waals surface area contributed by atoms with Crippen molar-refractivity contribution >= 4 is 15.9 Å². The average molecular weight is 311 g/mol. The Morgan fingerprint density at radius 1 is 1.52 bits per heavy atom. The van der Waals surface area contributed by atoms with Crippen LogP contribution in [0.3, 0.4) is 0 Å². The van der Waals surface area contributed by atoms with Crippen LogP contribution in [0.2, 0.25) is 0 Å². The van der Waals surface area contributed by atoms with Crippen molar-refractivity contribution in [1.82, 2.24) is 9.62 Å². The van der Waals surface area contributed by atoms with Gasteiger partial charge in [-0.2, -0.15) is 9.57 Å². The summed E-state index contributed by atoms with van der Waals surface area (Å²) >= 11 is 0. The summed E-state index contributed by atoms with van der Waals surface area (Å²) in [5, 5.41) is 11.6. The number of sulfonamides is 1. The summed E-state index contributed by atoms with van der Waals surface area (Å²) in [6, 6.07) is 4.16. The normalized spacial score (nSPS) is 19.9. The van der Waals surface area contributed by atoms with E-state index < -0.39 is 32.3 Å². The first-order valence-corrected chi connectivity index (χ1v) is 7.85. The molecule has 1 aliphatic heterocycles. The molecule has 21 heavy (non-hydrogen) atoms. The number of nitrogens with one attached hydrogen (secondary N) is 1. The fraction of sp³-hybridized carbons (Fsp3) is 0.385. The Hall–Kier alpha value is -1.98. The SMILES string of the molecule is CCC1C(=O)NCCN1S(=O)(=O)c1cccc(F)c1C#N. The lowest BCUT2D eigenvalue weighted by atomic mass is 10.2. The molecule has 1 fully saturated rings. The molecule has 2 rings (SSSR count). The topological polar surface area (TPSA) is 90.3 Å². The molecule has 0 saturated carbocycles. The number of hydrogen-bond donors (Lipinski definition) is 1. The molecular weight excluding hydrogens is 297 g/mol. The molecule has 112 valence electrons. The Morgan fingerprint density at radius 2 is 2.24 bits per heavy atom. The largest absolute Gasteiger partial charge is 0.353 e. The van der Waals surface area contributed by atoms with Crippen LogP contribution in [0.15, 0.2) is 23.1 Å². The zero-order valence-corrected chi connectivity index (χ0v) is 12.2. The number of rotatable bonds is 3. The number of carbonyl (C=O) groups is 1. The summed E-state index contributed by atoms with van der Waals surface area (Å²) in [7, 11) is -4.11. The Bertz CT molecular complexity index is 712. The number of piperazine rings is 1. The van der Waals surface area contributed by atoms with Crippen molar-refractivity contribution < 1.29 is 17.6 Å². The third kappa shape index (κ3) is 2.62. The van der Waals surface area contributed by atoms with E-state index in [1.165, 1.54) is 12.1 Å². The van der Waals surface area contributed by atoms with Gasteiger partial charge in [0, 0.05) is 13.1 Å². The first kappa shape index (κ1) is 15.4.